The summed E-state index contributed by atoms with van der Waals surface area (Å²) in [6.45, 7) is 1.93. The van der Waals surface area contributed by atoms with E-state index in [0.29, 0.717) is 10.4 Å². The molecular formula is C12H11Cl2NO3S. The zero-order chi connectivity index (χ0) is 14.2. The number of carbonyl (C=O) groups is 1. The molecule has 0 N–H and O–H groups in total. The summed E-state index contributed by atoms with van der Waals surface area (Å²) in [4.78, 5) is 12.2. The van der Waals surface area contributed by atoms with E-state index in [0.717, 1.165) is 5.52 Å². The maximum absolute atomic E-state index is 12.0. The van der Waals surface area contributed by atoms with E-state index in [-0.39, 0.29) is 17.2 Å². The van der Waals surface area contributed by atoms with Crippen LogP contribution in [0.3, 0.4) is 0 Å². The van der Waals surface area contributed by atoms with E-state index in [9.17, 15) is 9.00 Å². The van der Waals surface area contributed by atoms with Crippen LogP contribution in [0.15, 0.2) is 23.1 Å². The summed E-state index contributed by atoms with van der Waals surface area (Å²) in [6.07, 6.45) is 0. The molecule has 1 aromatic carbocycles. The Bertz CT molecular complexity index is 681. The second kappa shape index (κ2) is 5.53. The summed E-state index contributed by atoms with van der Waals surface area (Å²) in [5, 5.41) is 1.07. The number of esters is 1. The predicted molar refractivity (Wildman–Crippen MR) is 76.1 cm³/mol. The van der Waals surface area contributed by atoms with Crippen LogP contribution >= 0.6 is 22.3 Å². The van der Waals surface area contributed by atoms with E-state index < -0.39 is 16.0 Å². The number of rotatable bonds is 3. The average Bonchev–Trinajstić information content (AvgIpc) is 2.62. The molecule has 1 atom stereocenters. The van der Waals surface area contributed by atoms with Crippen molar-refractivity contribution in [1.82, 2.24) is 4.57 Å². The first-order valence-electron chi connectivity index (χ1n) is 5.50. The molecule has 1 unspecified atom stereocenters. The molecule has 0 aliphatic rings. The van der Waals surface area contributed by atoms with Crippen molar-refractivity contribution >= 4 is 49.2 Å². The highest BCUT2D eigenvalue weighted by molar-refractivity contribution is 8.08. The van der Waals surface area contributed by atoms with Gasteiger partial charge in [-0.3, -0.25) is 0 Å². The third kappa shape index (κ3) is 2.50. The summed E-state index contributed by atoms with van der Waals surface area (Å²) in [5.74, 6) is -0.554. The molecule has 4 nitrogen and oxygen atoms in total. The van der Waals surface area contributed by atoms with Gasteiger partial charge < -0.3 is 9.30 Å². The van der Waals surface area contributed by atoms with Crippen molar-refractivity contribution in [2.45, 2.75) is 11.8 Å². The average molecular weight is 320 g/mol. The Morgan fingerprint density at radius 3 is 2.74 bits per heavy atom. The van der Waals surface area contributed by atoms with Crippen LogP contribution < -0.4 is 0 Å². The minimum Gasteiger partial charge on any atom is -0.461 e. The molecule has 1 heterocycles. The van der Waals surface area contributed by atoms with E-state index in [2.05, 4.69) is 0 Å². The molecule has 0 saturated heterocycles. The molecule has 0 saturated carbocycles. The SMILES string of the molecule is CCOC(=O)c1c(S(=O)Cl)c2cc(Cl)ccc2n1C. The van der Waals surface area contributed by atoms with Gasteiger partial charge in [-0.2, -0.15) is 0 Å². The molecule has 0 bridgehead atoms. The highest BCUT2D eigenvalue weighted by Crippen LogP contribution is 2.32. The van der Waals surface area contributed by atoms with Gasteiger partial charge in [-0.05, 0) is 35.8 Å². The molecule has 0 aliphatic carbocycles. The Morgan fingerprint density at radius 1 is 1.47 bits per heavy atom. The minimum absolute atomic E-state index is 0.187. The highest BCUT2D eigenvalue weighted by Gasteiger charge is 2.25. The van der Waals surface area contributed by atoms with E-state index in [1.54, 1.807) is 36.7 Å². The van der Waals surface area contributed by atoms with Gasteiger partial charge in [0.05, 0.1) is 11.5 Å². The van der Waals surface area contributed by atoms with Crippen molar-refractivity contribution in [2.75, 3.05) is 6.61 Å². The monoisotopic (exact) mass is 319 g/mol. The van der Waals surface area contributed by atoms with Gasteiger partial charge in [0.2, 0.25) is 0 Å². The number of aromatic nitrogens is 1. The number of halogens is 2. The van der Waals surface area contributed by atoms with E-state index in [1.165, 1.54) is 0 Å². The molecule has 1 aromatic heterocycles. The first-order valence-corrected chi connectivity index (χ1v) is 7.85. The second-order valence-electron chi connectivity index (χ2n) is 3.84. The summed E-state index contributed by atoms with van der Waals surface area (Å²) in [7, 11) is 5.56. The molecule has 0 radical (unpaired) electrons. The number of carbonyl (C=O) groups excluding carboxylic acids is 1. The molecule has 2 rings (SSSR count). The van der Waals surface area contributed by atoms with Gasteiger partial charge in [0, 0.05) is 23.0 Å². The van der Waals surface area contributed by atoms with Crippen LogP contribution in [-0.2, 0) is 21.8 Å². The van der Waals surface area contributed by atoms with Crippen molar-refractivity contribution in [3.63, 3.8) is 0 Å². The van der Waals surface area contributed by atoms with Gasteiger partial charge in [-0.1, -0.05) is 11.6 Å². The molecule has 102 valence electrons. The molecule has 0 fully saturated rings. The number of aryl methyl sites for hydroxylation is 1. The molecular weight excluding hydrogens is 309 g/mol. The van der Waals surface area contributed by atoms with Crippen LogP contribution in [0.4, 0.5) is 0 Å². The second-order valence-corrected chi connectivity index (χ2v) is 5.97. The maximum Gasteiger partial charge on any atom is 0.356 e. The normalized spacial score (nSPS) is 12.6. The Balaban J connectivity index is 2.82. The Morgan fingerprint density at radius 2 is 2.16 bits per heavy atom. The van der Waals surface area contributed by atoms with Gasteiger partial charge in [-0.15, -0.1) is 0 Å². The van der Waals surface area contributed by atoms with Crippen molar-refractivity contribution in [1.29, 1.82) is 0 Å². The van der Waals surface area contributed by atoms with Crippen LogP contribution in [0.5, 0.6) is 0 Å². The zero-order valence-electron chi connectivity index (χ0n) is 10.3. The van der Waals surface area contributed by atoms with E-state index >= 15 is 0 Å². The third-order valence-electron chi connectivity index (χ3n) is 2.74. The largest absolute Gasteiger partial charge is 0.461 e. The van der Waals surface area contributed by atoms with Crippen molar-refractivity contribution in [2.24, 2.45) is 7.05 Å². The molecule has 2 aromatic rings. The smallest absolute Gasteiger partial charge is 0.356 e. The fourth-order valence-corrected chi connectivity index (χ4v) is 3.32. The standard InChI is InChI=1S/C12H11Cl2NO3S/c1-3-18-12(16)10-11(19(14)17)8-6-7(13)4-5-9(8)15(10)2/h4-6H,3H2,1-2H3. The first kappa shape index (κ1) is 14.4. The number of benzene rings is 1. The molecule has 0 spiro atoms. The number of nitrogens with zero attached hydrogens (tertiary/aromatic N) is 1. The fraction of sp³-hybridized carbons (Fsp3) is 0.250. The van der Waals surface area contributed by atoms with Gasteiger partial charge in [0.25, 0.3) is 0 Å². The zero-order valence-corrected chi connectivity index (χ0v) is 12.6. The Hall–Kier alpha value is -1.04. The maximum atomic E-state index is 12.0. The summed E-state index contributed by atoms with van der Waals surface area (Å²) in [6, 6.07) is 5.07. The first-order chi connectivity index (χ1) is 8.97. The van der Waals surface area contributed by atoms with Crippen LogP contribution in [0.1, 0.15) is 17.4 Å². The van der Waals surface area contributed by atoms with Gasteiger partial charge >= 0.3 is 5.97 Å². The Labute approximate surface area is 122 Å². The topological polar surface area (TPSA) is 48.3 Å². The summed E-state index contributed by atoms with van der Waals surface area (Å²) < 4.78 is 18.3. The van der Waals surface area contributed by atoms with Crippen LogP contribution in [-0.4, -0.2) is 21.4 Å². The number of hydrogen-bond donors (Lipinski definition) is 0. The van der Waals surface area contributed by atoms with Crippen LogP contribution in [0.2, 0.25) is 5.02 Å². The summed E-state index contributed by atoms with van der Waals surface area (Å²) >= 11 is 5.93. The molecule has 7 heteroatoms. The highest BCUT2D eigenvalue weighted by atomic mass is 35.7. The molecule has 19 heavy (non-hydrogen) atoms. The lowest BCUT2D eigenvalue weighted by molar-refractivity contribution is 0.0511. The van der Waals surface area contributed by atoms with Crippen molar-refractivity contribution < 1.29 is 13.7 Å². The predicted octanol–water partition coefficient (Wildman–Crippen LogP) is 3.27. The molecule has 0 aliphatic heterocycles. The lowest BCUT2D eigenvalue weighted by Gasteiger charge is -2.04. The summed E-state index contributed by atoms with van der Waals surface area (Å²) in [5.41, 5.74) is 0.906. The number of fused-ring (bicyclic) bond motifs is 1. The van der Waals surface area contributed by atoms with E-state index in [1.807, 2.05) is 0 Å². The number of hydrogen-bond acceptors (Lipinski definition) is 3. The van der Waals surface area contributed by atoms with Crippen molar-refractivity contribution in [3.8, 4) is 0 Å². The minimum atomic E-state index is -1.83. The van der Waals surface area contributed by atoms with E-state index in [4.69, 9.17) is 27.0 Å². The lowest BCUT2D eigenvalue weighted by atomic mass is 10.2. The van der Waals surface area contributed by atoms with Gasteiger partial charge in [0.1, 0.15) is 5.69 Å². The van der Waals surface area contributed by atoms with Crippen molar-refractivity contribution in [3.05, 3.63) is 28.9 Å². The quantitative estimate of drug-likeness (QED) is 0.644. The van der Waals surface area contributed by atoms with Crippen LogP contribution in [0.25, 0.3) is 10.9 Å². The van der Waals surface area contributed by atoms with Gasteiger partial charge in [-0.25, -0.2) is 9.00 Å². The Kier molecular flexibility index (Phi) is 4.18. The van der Waals surface area contributed by atoms with Gasteiger partial charge in [0.15, 0.2) is 10.0 Å². The third-order valence-corrected chi connectivity index (χ3v) is 4.18. The van der Waals surface area contributed by atoms with Crippen LogP contribution in [0, 0.1) is 0 Å². The lowest BCUT2D eigenvalue weighted by Crippen LogP contribution is -2.11. The fourth-order valence-electron chi connectivity index (χ4n) is 1.97. The molecule has 0 amide bonds. The number of ether oxygens (including phenoxy) is 1.